The van der Waals surface area contributed by atoms with Gasteiger partial charge in [0.1, 0.15) is 0 Å². The molecule has 0 saturated carbocycles. The van der Waals surface area contributed by atoms with E-state index < -0.39 is 0 Å². The van der Waals surface area contributed by atoms with Crippen LogP contribution in [0.15, 0.2) is 49.1 Å². The van der Waals surface area contributed by atoms with E-state index in [1.165, 1.54) is 11.8 Å². The number of carbonyl (C=O) groups excluding carboxylic acids is 1. The Morgan fingerprint density at radius 3 is 2.68 bits per heavy atom. The second-order valence-corrected chi connectivity index (χ2v) is 6.01. The van der Waals surface area contributed by atoms with E-state index in [0.29, 0.717) is 22.1 Å². The molecule has 0 unspecified atom stereocenters. The third kappa shape index (κ3) is 3.83. The first-order valence-corrected chi connectivity index (χ1v) is 8.29. The van der Waals surface area contributed by atoms with E-state index in [4.69, 9.17) is 11.6 Å². The van der Waals surface area contributed by atoms with Crippen LogP contribution in [0.5, 0.6) is 0 Å². The van der Waals surface area contributed by atoms with Gasteiger partial charge in [-0.25, -0.2) is 4.98 Å². The Labute approximate surface area is 151 Å². The second kappa shape index (κ2) is 7.40. The summed E-state index contributed by atoms with van der Waals surface area (Å²) in [6.07, 6.45) is 7.28. The van der Waals surface area contributed by atoms with Gasteiger partial charge < -0.3 is 5.32 Å². The molecule has 5 nitrogen and oxygen atoms in total. The Balaban J connectivity index is 1.81. The molecule has 3 aromatic rings. The number of aromatic nitrogens is 3. The van der Waals surface area contributed by atoms with E-state index in [-0.39, 0.29) is 5.91 Å². The Morgan fingerprint density at radius 2 is 2.00 bits per heavy atom. The molecule has 1 N–H and O–H groups in total. The molecule has 0 radical (unpaired) electrons. The lowest BCUT2D eigenvalue weighted by Gasteiger charge is -2.08. The maximum absolute atomic E-state index is 12.3. The van der Waals surface area contributed by atoms with Crippen molar-refractivity contribution in [3.63, 3.8) is 0 Å². The van der Waals surface area contributed by atoms with Crippen LogP contribution in [0.25, 0.3) is 11.3 Å². The summed E-state index contributed by atoms with van der Waals surface area (Å²) >= 11 is 6.27. The van der Waals surface area contributed by atoms with Crippen LogP contribution in [0.3, 0.4) is 0 Å². The first-order valence-electron chi connectivity index (χ1n) is 7.91. The first kappa shape index (κ1) is 17.0. The van der Waals surface area contributed by atoms with Crippen molar-refractivity contribution in [2.24, 2.45) is 0 Å². The monoisotopic (exact) mass is 352 g/mol. The molecule has 25 heavy (non-hydrogen) atoms. The number of anilines is 1. The second-order valence-electron chi connectivity index (χ2n) is 5.60. The summed E-state index contributed by atoms with van der Waals surface area (Å²) in [6.45, 7) is 3.91. The highest BCUT2D eigenvalue weighted by Gasteiger charge is 2.11. The summed E-state index contributed by atoms with van der Waals surface area (Å²) in [4.78, 5) is 24.9. The van der Waals surface area contributed by atoms with Crippen molar-refractivity contribution < 1.29 is 4.79 Å². The number of rotatable bonds is 4. The fourth-order valence-corrected chi connectivity index (χ4v) is 2.65. The summed E-state index contributed by atoms with van der Waals surface area (Å²) in [5, 5.41) is 3.36. The first-order chi connectivity index (χ1) is 12.1. The predicted octanol–water partition coefficient (Wildman–Crippen LogP) is 4.32. The van der Waals surface area contributed by atoms with Gasteiger partial charge in [-0.15, -0.1) is 0 Å². The number of pyridine rings is 1. The molecule has 0 atom stereocenters. The van der Waals surface area contributed by atoms with Crippen molar-refractivity contribution in [1.82, 2.24) is 15.0 Å². The summed E-state index contributed by atoms with van der Waals surface area (Å²) in [5.41, 5.74) is 4.02. The fourth-order valence-electron chi connectivity index (χ4n) is 2.43. The molecular formula is C19H17ClN4O. The van der Waals surface area contributed by atoms with Gasteiger partial charge in [0.05, 0.1) is 23.1 Å². The topological polar surface area (TPSA) is 67.8 Å². The summed E-state index contributed by atoms with van der Waals surface area (Å²) in [5.74, 6) is 0.140. The highest BCUT2D eigenvalue weighted by molar-refractivity contribution is 6.33. The molecule has 0 aliphatic carbocycles. The Hall–Kier alpha value is -2.79. The van der Waals surface area contributed by atoms with Crippen molar-refractivity contribution in [2.75, 3.05) is 5.32 Å². The predicted molar refractivity (Wildman–Crippen MR) is 98.8 cm³/mol. The van der Waals surface area contributed by atoms with E-state index in [1.807, 2.05) is 25.1 Å². The lowest BCUT2D eigenvalue weighted by Crippen LogP contribution is -2.14. The van der Waals surface area contributed by atoms with Gasteiger partial charge in [0.25, 0.3) is 5.91 Å². The van der Waals surface area contributed by atoms with E-state index in [1.54, 1.807) is 24.7 Å². The number of nitrogens with one attached hydrogen (secondary N) is 1. The van der Waals surface area contributed by atoms with Crippen LogP contribution >= 0.6 is 11.6 Å². The van der Waals surface area contributed by atoms with Crippen LogP contribution < -0.4 is 5.32 Å². The van der Waals surface area contributed by atoms with Crippen LogP contribution in [0.4, 0.5) is 5.82 Å². The molecule has 0 bridgehead atoms. The van der Waals surface area contributed by atoms with Gasteiger partial charge in [0.15, 0.2) is 5.82 Å². The number of amides is 1. The molecule has 126 valence electrons. The van der Waals surface area contributed by atoms with E-state index >= 15 is 0 Å². The lowest BCUT2D eigenvalue weighted by molar-refractivity contribution is 0.102. The Bertz CT molecular complexity index is 910. The van der Waals surface area contributed by atoms with Gasteiger partial charge in [-0.3, -0.25) is 14.8 Å². The van der Waals surface area contributed by atoms with Crippen molar-refractivity contribution >= 4 is 23.3 Å². The zero-order valence-corrected chi connectivity index (χ0v) is 14.7. The number of hydrogen-bond acceptors (Lipinski definition) is 4. The smallest absolute Gasteiger partial charge is 0.257 e. The highest BCUT2D eigenvalue weighted by atomic mass is 35.5. The number of hydrogen-bond donors (Lipinski definition) is 1. The SMILES string of the molecule is CCc1ccc(Cl)c(-c2cnc(NC(=O)c3ccncc3C)cn2)c1. The van der Waals surface area contributed by atoms with E-state index in [0.717, 1.165) is 17.5 Å². The van der Waals surface area contributed by atoms with Crippen LogP contribution in [0, 0.1) is 6.92 Å². The average Bonchev–Trinajstić information content (AvgIpc) is 2.63. The maximum Gasteiger partial charge on any atom is 0.257 e. The van der Waals surface area contributed by atoms with Crippen molar-refractivity contribution in [2.45, 2.75) is 20.3 Å². The van der Waals surface area contributed by atoms with Gasteiger partial charge in [0.2, 0.25) is 0 Å². The molecule has 0 fully saturated rings. The summed E-state index contributed by atoms with van der Waals surface area (Å²) in [7, 11) is 0. The van der Waals surface area contributed by atoms with E-state index in [9.17, 15) is 4.79 Å². The Kier molecular flexibility index (Phi) is 5.05. The van der Waals surface area contributed by atoms with Crippen molar-refractivity contribution in [1.29, 1.82) is 0 Å². The zero-order chi connectivity index (χ0) is 17.8. The minimum atomic E-state index is -0.243. The number of aryl methyl sites for hydroxylation is 2. The van der Waals surface area contributed by atoms with E-state index in [2.05, 4.69) is 27.2 Å². The molecule has 1 amide bonds. The minimum Gasteiger partial charge on any atom is -0.305 e. The fraction of sp³-hybridized carbons (Fsp3) is 0.158. The van der Waals surface area contributed by atoms with Gasteiger partial charge in [0, 0.05) is 23.5 Å². The molecule has 6 heteroatoms. The molecule has 0 aliphatic rings. The van der Waals surface area contributed by atoms with Crippen LogP contribution in [-0.2, 0) is 6.42 Å². The van der Waals surface area contributed by atoms with Crippen LogP contribution in [-0.4, -0.2) is 20.9 Å². The summed E-state index contributed by atoms with van der Waals surface area (Å²) < 4.78 is 0. The third-order valence-electron chi connectivity index (χ3n) is 3.87. The quantitative estimate of drug-likeness (QED) is 0.759. The van der Waals surface area contributed by atoms with Gasteiger partial charge >= 0.3 is 0 Å². The largest absolute Gasteiger partial charge is 0.305 e. The Morgan fingerprint density at radius 1 is 1.16 bits per heavy atom. The highest BCUT2D eigenvalue weighted by Crippen LogP contribution is 2.27. The van der Waals surface area contributed by atoms with Crippen molar-refractivity contribution in [3.05, 3.63) is 70.8 Å². The molecule has 2 aromatic heterocycles. The zero-order valence-electron chi connectivity index (χ0n) is 14.0. The molecule has 3 rings (SSSR count). The molecule has 0 spiro atoms. The molecular weight excluding hydrogens is 336 g/mol. The third-order valence-corrected chi connectivity index (χ3v) is 4.20. The normalized spacial score (nSPS) is 10.5. The maximum atomic E-state index is 12.3. The summed E-state index contributed by atoms with van der Waals surface area (Å²) in [6, 6.07) is 7.53. The van der Waals surface area contributed by atoms with Crippen LogP contribution in [0.2, 0.25) is 5.02 Å². The van der Waals surface area contributed by atoms with Crippen molar-refractivity contribution in [3.8, 4) is 11.3 Å². The van der Waals surface area contributed by atoms with Gasteiger partial charge in [-0.1, -0.05) is 24.6 Å². The molecule has 2 heterocycles. The average molecular weight is 353 g/mol. The van der Waals surface area contributed by atoms with Gasteiger partial charge in [-0.05, 0) is 42.7 Å². The number of benzene rings is 1. The minimum absolute atomic E-state index is 0.243. The standard InChI is InChI=1S/C19H17ClN4O/c1-3-13-4-5-16(20)15(8-13)17-10-23-18(11-22-17)24-19(25)14-6-7-21-9-12(14)2/h4-11H,3H2,1-2H3,(H,23,24,25). The number of nitrogens with zero attached hydrogens (tertiary/aromatic N) is 3. The number of halogens is 1. The molecule has 0 aliphatic heterocycles. The molecule has 0 saturated heterocycles. The lowest BCUT2D eigenvalue weighted by atomic mass is 10.1. The molecule has 1 aromatic carbocycles. The number of carbonyl (C=O) groups is 1. The van der Waals surface area contributed by atoms with Crippen LogP contribution in [0.1, 0.15) is 28.4 Å². The van der Waals surface area contributed by atoms with Gasteiger partial charge in [-0.2, -0.15) is 0 Å².